The molecule has 5 heteroatoms. The van der Waals surface area contributed by atoms with Crippen LogP contribution in [0.1, 0.15) is 17.5 Å². The van der Waals surface area contributed by atoms with Crippen molar-refractivity contribution < 1.29 is 13.2 Å². The fraction of sp³-hybridized carbons (Fsp3) is 0.273. The van der Waals surface area contributed by atoms with Crippen molar-refractivity contribution in [2.24, 2.45) is 0 Å². The molecule has 0 bridgehead atoms. The lowest BCUT2D eigenvalue weighted by Crippen LogP contribution is -2.09. The van der Waals surface area contributed by atoms with E-state index in [1.165, 1.54) is 12.1 Å². The quantitative estimate of drug-likeness (QED) is 0.444. The summed E-state index contributed by atoms with van der Waals surface area (Å²) in [7, 11) is 0. The van der Waals surface area contributed by atoms with E-state index < -0.39 is 11.7 Å². The SMILES string of the molecule is Nc1ccc(C#CCCS)cc1C(F)(F)F. The number of alkyl halides is 3. The summed E-state index contributed by atoms with van der Waals surface area (Å²) in [6.45, 7) is 0. The van der Waals surface area contributed by atoms with E-state index in [0.717, 1.165) is 6.07 Å². The van der Waals surface area contributed by atoms with Crippen LogP contribution in [-0.4, -0.2) is 5.75 Å². The van der Waals surface area contributed by atoms with E-state index in [1.807, 2.05) is 0 Å². The molecule has 86 valence electrons. The highest BCUT2D eigenvalue weighted by Crippen LogP contribution is 2.33. The lowest BCUT2D eigenvalue weighted by atomic mass is 10.1. The topological polar surface area (TPSA) is 26.0 Å². The highest BCUT2D eigenvalue weighted by atomic mass is 32.1. The van der Waals surface area contributed by atoms with Crippen LogP contribution < -0.4 is 5.73 Å². The van der Waals surface area contributed by atoms with Crippen molar-refractivity contribution in [3.8, 4) is 11.8 Å². The van der Waals surface area contributed by atoms with Crippen molar-refractivity contribution in [3.05, 3.63) is 29.3 Å². The average molecular weight is 245 g/mol. The first-order valence-corrected chi connectivity index (χ1v) is 5.15. The summed E-state index contributed by atoms with van der Waals surface area (Å²) in [6.07, 6.45) is -3.90. The Balaban J connectivity index is 3.05. The molecule has 16 heavy (non-hydrogen) atoms. The third-order valence-electron chi connectivity index (χ3n) is 1.83. The zero-order chi connectivity index (χ0) is 12.2. The largest absolute Gasteiger partial charge is 0.418 e. The number of hydrogen-bond acceptors (Lipinski definition) is 2. The standard InChI is InChI=1S/C11H10F3NS/c12-11(13,14)9-7-8(3-1-2-6-16)4-5-10(9)15/h4-5,7,16H,2,6,15H2. The molecule has 0 heterocycles. The fourth-order valence-electron chi connectivity index (χ4n) is 1.10. The number of rotatable bonds is 1. The molecule has 0 unspecified atom stereocenters. The molecule has 0 atom stereocenters. The van der Waals surface area contributed by atoms with Gasteiger partial charge in [0.2, 0.25) is 0 Å². The van der Waals surface area contributed by atoms with Gasteiger partial charge >= 0.3 is 6.18 Å². The maximum Gasteiger partial charge on any atom is 0.418 e. The van der Waals surface area contributed by atoms with E-state index in [1.54, 1.807) is 0 Å². The number of hydrogen-bond donors (Lipinski definition) is 2. The van der Waals surface area contributed by atoms with Crippen LogP contribution in [0.4, 0.5) is 18.9 Å². The van der Waals surface area contributed by atoms with Crippen molar-refractivity contribution in [2.45, 2.75) is 12.6 Å². The van der Waals surface area contributed by atoms with Crippen molar-refractivity contribution in [2.75, 3.05) is 11.5 Å². The second-order valence-corrected chi connectivity index (χ2v) is 3.52. The van der Waals surface area contributed by atoms with Crippen LogP contribution in [-0.2, 0) is 6.18 Å². The molecule has 0 amide bonds. The molecule has 0 aromatic heterocycles. The van der Waals surface area contributed by atoms with E-state index in [4.69, 9.17) is 5.73 Å². The molecule has 0 radical (unpaired) electrons. The van der Waals surface area contributed by atoms with Crippen LogP contribution in [0.2, 0.25) is 0 Å². The minimum absolute atomic E-state index is 0.285. The Labute approximate surface area is 97.2 Å². The van der Waals surface area contributed by atoms with Crippen LogP contribution >= 0.6 is 12.6 Å². The molecular formula is C11H10F3NS. The van der Waals surface area contributed by atoms with Gasteiger partial charge in [0, 0.05) is 23.4 Å². The number of thiol groups is 1. The number of anilines is 1. The molecule has 0 aliphatic heterocycles. The number of benzene rings is 1. The first-order chi connectivity index (χ1) is 7.45. The maximum absolute atomic E-state index is 12.5. The van der Waals surface area contributed by atoms with Crippen LogP contribution in [0.5, 0.6) is 0 Å². The van der Waals surface area contributed by atoms with Gasteiger partial charge in [0.1, 0.15) is 0 Å². The van der Waals surface area contributed by atoms with Crippen LogP contribution in [0.15, 0.2) is 18.2 Å². The Morgan fingerprint density at radius 2 is 2.00 bits per heavy atom. The van der Waals surface area contributed by atoms with Gasteiger partial charge in [0.15, 0.2) is 0 Å². The Bertz CT molecular complexity index is 429. The molecular weight excluding hydrogens is 235 g/mol. The van der Waals surface area contributed by atoms with Gasteiger partial charge in [-0.1, -0.05) is 11.8 Å². The molecule has 0 aliphatic carbocycles. The van der Waals surface area contributed by atoms with Gasteiger partial charge in [-0.15, -0.1) is 0 Å². The summed E-state index contributed by atoms with van der Waals surface area (Å²) in [5.74, 6) is 5.92. The first kappa shape index (κ1) is 12.8. The highest BCUT2D eigenvalue weighted by molar-refractivity contribution is 7.80. The summed E-state index contributed by atoms with van der Waals surface area (Å²) in [5, 5.41) is 0. The van der Waals surface area contributed by atoms with E-state index in [0.29, 0.717) is 17.7 Å². The zero-order valence-corrected chi connectivity index (χ0v) is 9.20. The molecule has 0 aliphatic rings. The maximum atomic E-state index is 12.5. The molecule has 0 saturated heterocycles. The Morgan fingerprint density at radius 3 is 2.56 bits per heavy atom. The normalized spacial score (nSPS) is 10.8. The third kappa shape index (κ3) is 3.38. The molecule has 1 aromatic rings. The monoisotopic (exact) mass is 245 g/mol. The second-order valence-electron chi connectivity index (χ2n) is 3.08. The molecule has 1 nitrogen and oxygen atoms in total. The minimum Gasteiger partial charge on any atom is -0.398 e. The summed E-state index contributed by atoms with van der Waals surface area (Å²) in [4.78, 5) is 0. The molecule has 0 saturated carbocycles. The zero-order valence-electron chi connectivity index (χ0n) is 8.30. The van der Waals surface area contributed by atoms with E-state index in [9.17, 15) is 13.2 Å². The van der Waals surface area contributed by atoms with Gasteiger partial charge in [0.25, 0.3) is 0 Å². The lowest BCUT2D eigenvalue weighted by molar-refractivity contribution is -0.136. The lowest BCUT2D eigenvalue weighted by Gasteiger charge is -2.09. The molecule has 0 fully saturated rings. The summed E-state index contributed by atoms with van der Waals surface area (Å²) >= 11 is 3.95. The molecule has 1 aromatic carbocycles. The predicted molar refractivity (Wildman–Crippen MR) is 61.2 cm³/mol. The van der Waals surface area contributed by atoms with Crippen molar-refractivity contribution >= 4 is 18.3 Å². The summed E-state index contributed by atoms with van der Waals surface area (Å²) in [5.41, 5.74) is 4.43. The van der Waals surface area contributed by atoms with Crippen molar-refractivity contribution in [1.82, 2.24) is 0 Å². The molecule has 0 spiro atoms. The number of nitrogens with two attached hydrogens (primary N) is 1. The third-order valence-corrected chi connectivity index (χ3v) is 2.05. The Kier molecular flexibility index (Phi) is 4.13. The summed E-state index contributed by atoms with van der Waals surface area (Å²) < 4.78 is 37.4. The molecule has 2 N–H and O–H groups in total. The van der Waals surface area contributed by atoms with Crippen LogP contribution in [0.25, 0.3) is 0 Å². The van der Waals surface area contributed by atoms with Gasteiger partial charge in [-0.2, -0.15) is 25.8 Å². The molecule has 1 rings (SSSR count). The second kappa shape index (κ2) is 5.17. The minimum atomic E-state index is -4.44. The number of nitrogen functional groups attached to an aromatic ring is 1. The van der Waals surface area contributed by atoms with E-state index in [-0.39, 0.29) is 5.69 Å². The van der Waals surface area contributed by atoms with E-state index in [2.05, 4.69) is 24.5 Å². The van der Waals surface area contributed by atoms with Gasteiger partial charge in [-0.25, -0.2) is 0 Å². The smallest absolute Gasteiger partial charge is 0.398 e. The van der Waals surface area contributed by atoms with Gasteiger partial charge in [-0.3, -0.25) is 0 Å². The van der Waals surface area contributed by atoms with E-state index >= 15 is 0 Å². The van der Waals surface area contributed by atoms with Gasteiger partial charge in [0.05, 0.1) is 5.56 Å². The van der Waals surface area contributed by atoms with Crippen LogP contribution in [0, 0.1) is 11.8 Å². The first-order valence-electron chi connectivity index (χ1n) is 4.51. The van der Waals surface area contributed by atoms with Gasteiger partial charge < -0.3 is 5.73 Å². The van der Waals surface area contributed by atoms with Gasteiger partial charge in [-0.05, 0) is 18.2 Å². The van der Waals surface area contributed by atoms with Crippen molar-refractivity contribution in [3.63, 3.8) is 0 Å². The predicted octanol–water partition coefficient (Wildman–Crippen LogP) is 2.96. The summed E-state index contributed by atoms with van der Waals surface area (Å²) in [6, 6.07) is 3.64. The van der Waals surface area contributed by atoms with Crippen LogP contribution in [0.3, 0.4) is 0 Å². The Hall–Kier alpha value is -1.28. The number of halogens is 3. The average Bonchev–Trinajstić information content (AvgIpc) is 2.19. The van der Waals surface area contributed by atoms with Crippen molar-refractivity contribution in [1.29, 1.82) is 0 Å². The Morgan fingerprint density at radius 1 is 1.31 bits per heavy atom. The fourth-order valence-corrected chi connectivity index (χ4v) is 1.21. The highest BCUT2D eigenvalue weighted by Gasteiger charge is 2.32.